The average Bonchev–Trinajstić information content (AvgIpc) is 3.69. The summed E-state index contributed by atoms with van der Waals surface area (Å²) in [5.41, 5.74) is 1.01. The van der Waals surface area contributed by atoms with Gasteiger partial charge in [0, 0.05) is 19.7 Å². The smallest absolute Gasteiger partial charge is 0.264 e. The van der Waals surface area contributed by atoms with Crippen LogP contribution in [0.2, 0.25) is 0 Å². The monoisotopic (exact) mass is 526 g/mol. The minimum Gasteiger partial charge on any atom is -0.493 e. The summed E-state index contributed by atoms with van der Waals surface area (Å²) in [5.74, 6) is 2.50. The lowest BCUT2D eigenvalue weighted by molar-refractivity contribution is -0.133. The van der Waals surface area contributed by atoms with Gasteiger partial charge in [0.05, 0.1) is 31.7 Å². The van der Waals surface area contributed by atoms with E-state index in [-0.39, 0.29) is 24.5 Å². The first-order chi connectivity index (χ1) is 18.0. The number of furan rings is 1. The third-order valence-electron chi connectivity index (χ3n) is 6.41. The van der Waals surface area contributed by atoms with E-state index < -0.39 is 0 Å². The average molecular weight is 527 g/mol. The number of thiophene rings is 1. The van der Waals surface area contributed by atoms with Crippen LogP contribution in [0.15, 0.2) is 52.3 Å². The molecule has 3 heterocycles. The summed E-state index contributed by atoms with van der Waals surface area (Å²) in [6.07, 6.45) is 2.41. The van der Waals surface area contributed by atoms with Crippen molar-refractivity contribution in [2.45, 2.75) is 38.8 Å². The molecule has 0 aliphatic carbocycles. The largest absolute Gasteiger partial charge is 0.493 e. The number of methoxy groups -OCH3 is 2. The van der Waals surface area contributed by atoms with E-state index in [0.717, 1.165) is 24.2 Å². The third kappa shape index (κ3) is 7.14. The van der Waals surface area contributed by atoms with Gasteiger partial charge >= 0.3 is 0 Å². The SMILES string of the molecule is COc1ccc(CCN(Cc2ccc(C)o2)C(=O)CN(CC2CCCO2)C(=O)c2cccs2)cc1OC. The molecule has 9 heteroatoms. The maximum absolute atomic E-state index is 13.7. The Balaban J connectivity index is 1.51. The zero-order chi connectivity index (χ0) is 26.2. The van der Waals surface area contributed by atoms with Gasteiger partial charge in [0.2, 0.25) is 5.91 Å². The highest BCUT2D eigenvalue weighted by atomic mass is 32.1. The van der Waals surface area contributed by atoms with Crippen LogP contribution in [-0.4, -0.2) is 68.2 Å². The van der Waals surface area contributed by atoms with E-state index >= 15 is 0 Å². The van der Waals surface area contributed by atoms with Crippen LogP contribution < -0.4 is 9.47 Å². The Hall–Kier alpha value is -3.30. The zero-order valence-electron chi connectivity index (χ0n) is 21.6. The third-order valence-corrected chi connectivity index (χ3v) is 7.26. The fraction of sp³-hybridized carbons (Fsp3) is 0.429. The molecule has 37 heavy (non-hydrogen) atoms. The number of carbonyl (C=O) groups excluding carboxylic acids is 2. The number of amides is 2. The molecular weight excluding hydrogens is 492 g/mol. The summed E-state index contributed by atoms with van der Waals surface area (Å²) in [6, 6.07) is 13.1. The van der Waals surface area contributed by atoms with Crippen molar-refractivity contribution in [2.75, 3.05) is 40.5 Å². The normalized spacial score (nSPS) is 14.9. The predicted molar refractivity (Wildman–Crippen MR) is 141 cm³/mol. The van der Waals surface area contributed by atoms with Gasteiger partial charge in [-0.3, -0.25) is 9.59 Å². The number of hydrogen-bond acceptors (Lipinski definition) is 7. The van der Waals surface area contributed by atoms with Gasteiger partial charge in [0.1, 0.15) is 18.1 Å². The van der Waals surface area contributed by atoms with Crippen molar-refractivity contribution in [1.29, 1.82) is 0 Å². The van der Waals surface area contributed by atoms with Crippen molar-refractivity contribution < 1.29 is 28.2 Å². The van der Waals surface area contributed by atoms with E-state index in [2.05, 4.69) is 0 Å². The summed E-state index contributed by atoms with van der Waals surface area (Å²) in [6.45, 7) is 3.71. The second-order valence-electron chi connectivity index (χ2n) is 9.06. The number of aryl methyl sites for hydroxylation is 1. The van der Waals surface area contributed by atoms with E-state index in [1.54, 1.807) is 30.1 Å². The molecule has 0 saturated carbocycles. The van der Waals surface area contributed by atoms with Crippen LogP contribution in [-0.2, 0) is 22.5 Å². The Labute approximate surface area is 221 Å². The van der Waals surface area contributed by atoms with Crippen molar-refractivity contribution in [2.24, 2.45) is 0 Å². The fourth-order valence-corrected chi connectivity index (χ4v) is 5.11. The minimum atomic E-state index is -0.146. The number of rotatable bonds is 12. The highest BCUT2D eigenvalue weighted by molar-refractivity contribution is 7.12. The molecule has 1 fully saturated rings. The first-order valence-electron chi connectivity index (χ1n) is 12.4. The summed E-state index contributed by atoms with van der Waals surface area (Å²) in [4.78, 5) is 30.9. The Bertz CT molecular complexity index is 1170. The van der Waals surface area contributed by atoms with Crippen LogP contribution in [0.4, 0.5) is 0 Å². The Morgan fingerprint density at radius 1 is 1.08 bits per heavy atom. The van der Waals surface area contributed by atoms with E-state index in [9.17, 15) is 9.59 Å². The molecule has 8 nitrogen and oxygen atoms in total. The van der Waals surface area contributed by atoms with Crippen molar-refractivity contribution in [3.63, 3.8) is 0 Å². The zero-order valence-corrected chi connectivity index (χ0v) is 22.4. The van der Waals surface area contributed by atoms with E-state index in [0.29, 0.717) is 54.8 Å². The van der Waals surface area contributed by atoms with Gasteiger partial charge in [-0.2, -0.15) is 0 Å². The summed E-state index contributed by atoms with van der Waals surface area (Å²) in [5, 5.41) is 1.87. The van der Waals surface area contributed by atoms with Crippen LogP contribution in [0.3, 0.4) is 0 Å². The molecule has 0 spiro atoms. The molecule has 1 aromatic carbocycles. The topological polar surface area (TPSA) is 81.5 Å². The van der Waals surface area contributed by atoms with Gasteiger partial charge in [0.25, 0.3) is 5.91 Å². The molecule has 1 aliphatic heterocycles. The Morgan fingerprint density at radius 3 is 2.57 bits per heavy atom. The maximum atomic E-state index is 13.7. The lowest BCUT2D eigenvalue weighted by Crippen LogP contribution is -2.45. The summed E-state index contributed by atoms with van der Waals surface area (Å²) in [7, 11) is 3.20. The first kappa shape index (κ1) is 26.8. The van der Waals surface area contributed by atoms with Crippen LogP contribution in [0.25, 0.3) is 0 Å². The van der Waals surface area contributed by atoms with Crippen LogP contribution in [0, 0.1) is 6.92 Å². The van der Waals surface area contributed by atoms with Gasteiger partial charge in [0.15, 0.2) is 11.5 Å². The van der Waals surface area contributed by atoms with Gasteiger partial charge in [-0.15, -0.1) is 11.3 Å². The fourth-order valence-electron chi connectivity index (χ4n) is 4.42. The van der Waals surface area contributed by atoms with E-state index in [4.69, 9.17) is 18.6 Å². The molecule has 1 atom stereocenters. The molecule has 0 radical (unpaired) electrons. The summed E-state index contributed by atoms with van der Waals surface area (Å²) < 4.78 is 22.3. The molecular formula is C28H34N2O6S. The quantitative estimate of drug-likeness (QED) is 0.344. The maximum Gasteiger partial charge on any atom is 0.264 e. The van der Waals surface area contributed by atoms with Crippen molar-refractivity contribution in [3.8, 4) is 11.5 Å². The van der Waals surface area contributed by atoms with Gasteiger partial charge in [-0.05, 0) is 67.5 Å². The number of nitrogens with zero attached hydrogens (tertiary/aromatic N) is 2. The Kier molecular flexibility index (Phi) is 9.24. The Morgan fingerprint density at radius 2 is 1.92 bits per heavy atom. The lowest BCUT2D eigenvalue weighted by atomic mass is 10.1. The second kappa shape index (κ2) is 12.8. The van der Waals surface area contributed by atoms with E-state index in [1.807, 2.05) is 48.7 Å². The summed E-state index contributed by atoms with van der Waals surface area (Å²) >= 11 is 1.38. The number of benzene rings is 1. The molecule has 2 amide bonds. The highest BCUT2D eigenvalue weighted by Gasteiger charge is 2.28. The van der Waals surface area contributed by atoms with Crippen LogP contribution in [0.1, 0.15) is 39.6 Å². The highest BCUT2D eigenvalue weighted by Crippen LogP contribution is 2.28. The van der Waals surface area contributed by atoms with Gasteiger partial charge in [-0.25, -0.2) is 0 Å². The van der Waals surface area contributed by atoms with Crippen molar-refractivity contribution >= 4 is 23.2 Å². The van der Waals surface area contributed by atoms with Crippen molar-refractivity contribution in [1.82, 2.24) is 9.80 Å². The molecule has 198 valence electrons. The molecule has 1 saturated heterocycles. The van der Waals surface area contributed by atoms with Gasteiger partial charge < -0.3 is 28.4 Å². The van der Waals surface area contributed by atoms with Crippen LogP contribution in [0.5, 0.6) is 11.5 Å². The predicted octanol–water partition coefficient (Wildman–Crippen LogP) is 4.56. The number of ether oxygens (including phenoxy) is 3. The molecule has 2 aromatic heterocycles. The van der Waals surface area contributed by atoms with E-state index in [1.165, 1.54) is 11.3 Å². The molecule has 1 aliphatic rings. The standard InChI is InChI=1S/C28H34N2O6S/c1-20-8-10-23(36-20)18-29(13-12-21-9-11-24(33-2)25(16-21)34-3)27(31)19-30(17-22-6-4-14-35-22)28(32)26-7-5-15-37-26/h5,7-11,15-16,22H,4,6,12-14,17-19H2,1-3H3. The number of carbonyl (C=O) groups is 2. The first-order valence-corrected chi connectivity index (χ1v) is 13.3. The lowest BCUT2D eigenvalue weighted by Gasteiger charge is -2.28. The van der Waals surface area contributed by atoms with Crippen molar-refractivity contribution in [3.05, 3.63) is 69.8 Å². The van der Waals surface area contributed by atoms with Gasteiger partial charge in [-0.1, -0.05) is 12.1 Å². The molecule has 1 unspecified atom stereocenters. The molecule has 3 aromatic rings. The molecule has 4 rings (SSSR count). The molecule has 0 N–H and O–H groups in total. The van der Waals surface area contributed by atoms with Crippen LogP contribution >= 0.6 is 11.3 Å². The second-order valence-corrected chi connectivity index (χ2v) is 10.0. The number of hydrogen-bond donors (Lipinski definition) is 0. The molecule has 0 bridgehead atoms. The minimum absolute atomic E-state index is 0.0256.